The van der Waals surface area contributed by atoms with Crippen molar-refractivity contribution in [2.45, 2.75) is 23.5 Å². The van der Waals surface area contributed by atoms with E-state index in [4.69, 9.17) is 13.3 Å². The zero-order valence-corrected chi connectivity index (χ0v) is 14.7. The van der Waals surface area contributed by atoms with Crippen LogP contribution in [0.5, 0.6) is 11.5 Å². The third-order valence-corrected chi connectivity index (χ3v) is 6.05. The summed E-state index contributed by atoms with van der Waals surface area (Å²) in [6, 6.07) is 13.8. The summed E-state index contributed by atoms with van der Waals surface area (Å²) in [5, 5.41) is 3.81. The van der Waals surface area contributed by atoms with Crippen LogP contribution in [-0.2, 0) is 10.1 Å². The van der Waals surface area contributed by atoms with E-state index in [9.17, 15) is 8.42 Å². The topological polar surface area (TPSA) is 77.8 Å². The van der Waals surface area contributed by atoms with Gasteiger partial charge in [0.1, 0.15) is 23.2 Å². The highest BCUT2D eigenvalue weighted by Gasteiger charge is 2.36. The van der Waals surface area contributed by atoms with E-state index in [0.717, 1.165) is 25.1 Å². The van der Waals surface area contributed by atoms with Crippen LogP contribution >= 0.6 is 0 Å². The predicted molar refractivity (Wildman–Crippen MR) is 95.1 cm³/mol. The molecule has 6 nitrogen and oxygen atoms in total. The highest BCUT2D eigenvalue weighted by Crippen LogP contribution is 2.43. The Labute approximate surface area is 150 Å². The molecule has 2 atom stereocenters. The van der Waals surface area contributed by atoms with Crippen LogP contribution in [0.1, 0.15) is 17.9 Å². The Balaban J connectivity index is 1.44. The fraction of sp³-hybridized carbons (Fsp3) is 0.263. The van der Waals surface area contributed by atoms with Crippen molar-refractivity contribution in [2.75, 3.05) is 13.1 Å². The number of nitrogens with one attached hydrogen (secondary N) is 1. The first-order chi connectivity index (χ1) is 12.6. The summed E-state index contributed by atoms with van der Waals surface area (Å²) in [4.78, 5) is 0. The molecule has 1 N–H and O–H groups in total. The van der Waals surface area contributed by atoms with E-state index in [-0.39, 0.29) is 16.9 Å². The molecule has 5 rings (SSSR count). The number of hydrogen-bond acceptors (Lipinski definition) is 6. The number of ether oxygens (including phenoxy) is 1. The Morgan fingerprint density at radius 2 is 2.00 bits per heavy atom. The number of piperidine rings is 1. The van der Waals surface area contributed by atoms with Gasteiger partial charge in [0, 0.05) is 35.5 Å². The van der Waals surface area contributed by atoms with Gasteiger partial charge in [0.25, 0.3) is 5.09 Å². The zero-order chi connectivity index (χ0) is 17.7. The van der Waals surface area contributed by atoms with Gasteiger partial charge in [-0.25, -0.2) is 0 Å². The summed E-state index contributed by atoms with van der Waals surface area (Å²) in [5.41, 5.74) is 1.62. The summed E-state index contributed by atoms with van der Waals surface area (Å²) in [7, 11) is -4.05. The molecule has 2 aliphatic heterocycles. The standard InChI is InChI=1S/C19H17NO5S/c21-26(22,19-9-12-3-1-2-4-16(12)24-19)25-13-5-6-14-15-7-8-20-11-18(15)23-17(14)10-13/h1-6,9-10,15,18,20H,7-8,11H2. The molecule has 0 amide bonds. The average molecular weight is 371 g/mol. The highest BCUT2D eigenvalue weighted by molar-refractivity contribution is 7.87. The van der Waals surface area contributed by atoms with E-state index < -0.39 is 10.1 Å². The lowest BCUT2D eigenvalue weighted by Gasteiger charge is -2.24. The molecule has 0 saturated carbocycles. The smallest absolute Gasteiger partial charge is 0.373 e. The summed E-state index contributed by atoms with van der Waals surface area (Å²) in [6.45, 7) is 1.76. The summed E-state index contributed by atoms with van der Waals surface area (Å²) < 4.78 is 41.8. The molecule has 2 aliphatic rings. The molecule has 2 aromatic carbocycles. The molecule has 26 heavy (non-hydrogen) atoms. The maximum absolute atomic E-state index is 12.6. The molecular weight excluding hydrogens is 354 g/mol. The first kappa shape index (κ1) is 15.7. The fourth-order valence-corrected chi connectivity index (χ4v) is 4.60. The SMILES string of the molecule is O=S(=O)(Oc1ccc2c(c1)OC1CNCCC21)c1cc2ccccc2o1. The van der Waals surface area contributed by atoms with Crippen molar-refractivity contribution in [1.82, 2.24) is 5.32 Å². The second-order valence-corrected chi connectivity index (χ2v) is 8.07. The summed E-state index contributed by atoms with van der Waals surface area (Å²) >= 11 is 0. The van der Waals surface area contributed by atoms with Crippen LogP contribution < -0.4 is 14.2 Å². The number of fused-ring (bicyclic) bond motifs is 4. The second-order valence-electron chi connectivity index (χ2n) is 6.60. The van der Waals surface area contributed by atoms with E-state index in [2.05, 4.69) is 5.32 Å². The lowest BCUT2D eigenvalue weighted by Crippen LogP contribution is -2.39. The number of hydrogen-bond donors (Lipinski definition) is 1. The first-order valence-electron chi connectivity index (χ1n) is 8.54. The summed E-state index contributed by atoms with van der Waals surface area (Å²) in [5.74, 6) is 1.27. The molecule has 3 aromatic rings. The number of furan rings is 1. The van der Waals surface area contributed by atoms with Gasteiger partial charge in [-0.15, -0.1) is 0 Å². The van der Waals surface area contributed by atoms with Crippen LogP contribution in [0.3, 0.4) is 0 Å². The van der Waals surface area contributed by atoms with Crippen molar-refractivity contribution in [2.24, 2.45) is 0 Å². The van der Waals surface area contributed by atoms with Gasteiger partial charge in [0.05, 0.1) is 0 Å². The minimum absolute atomic E-state index is 0.0981. The molecule has 134 valence electrons. The maximum atomic E-state index is 12.6. The monoisotopic (exact) mass is 371 g/mol. The molecule has 0 aliphatic carbocycles. The predicted octanol–water partition coefficient (Wildman–Crippen LogP) is 3.04. The molecule has 3 heterocycles. The van der Waals surface area contributed by atoms with Crippen molar-refractivity contribution < 1.29 is 21.8 Å². The molecule has 0 bridgehead atoms. The van der Waals surface area contributed by atoms with Crippen molar-refractivity contribution >= 4 is 21.1 Å². The van der Waals surface area contributed by atoms with Gasteiger partial charge in [-0.2, -0.15) is 8.42 Å². The van der Waals surface area contributed by atoms with Crippen molar-refractivity contribution in [1.29, 1.82) is 0 Å². The van der Waals surface area contributed by atoms with E-state index in [1.807, 2.05) is 12.1 Å². The van der Waals surface area contributed by atoms with Crippen LogP contribution in [0.4, 0.5) is 0 Å². The van der Waals surface area contributed by atoms with Gasteiger partial charge in [-0.05, 0) is 25.1 Å². The minimum Gasteiger partial charge on any atom is -0.488 e. The molecule has 2 unspecified atom stereocenters. The fourth-order valence-electron chi connectivity index (χ4n) is 3.70. The Kier molecular flexibility index (Phi) is 3.48. The van der Waals surface area contributed by atoms with E-state index in [1.54, 1.807) is 30.3 Å². The van der Waals surface area contributed by atoms with Gasteiger partial charge in [0.2, 0.25) is 0 Å². The van der Waals surface area contributed by atoms with Gasteiger partial charge in [0.15, 0.2) is 0 Å². The quantitative estimate of drug-likeness (QED) is 0.713. The Hall–Kier alpha value is -2.51. The largest absolute Gasteiger partial charge is 0.488 e. The minimum atomic E-state index is -4.05. The highest BCUT2D eigenvalue weighted by atomic mass is 32.2. The van der Waals surface area contributed by atoms with Crippen LogP contribution in [0.15, 0.2) is 58.0 Å². The van der Waals surface area contributed by atoms with Crippen LogP contribution in [0.25, 0.3) is 11.0 Å². The van der Waals surface area contributed by atoms with Crippen LogP contribution in [0.2, 0.25) is 0 Å². The second kappa shape index (κ2) is 5.75. The average Bonchev–Trinajstić information content (AvgIpc) is 3.22. The molecule has 1 aromatic heterocycles. The van der Waals surface area contributed by atoms with Crippen LogP contribution in [-0.4, -0.2) is 27.6 Å². The zero-order valence-electron chi connectivity index (χ0n) is 13.8. The van der Waals surface area contributed by atoms with Gasteiger partial charge >= 0.3 is 10.1 Å². The molecule has 1 fully saturated rings. The molecule has 0 radical (unpaired) electrons. The summed E-state index contributed by atoms with van der Waals surface area (Å²) in [6.07, 6.45) is 1.11. The molecule has 1 saturated heterocycles. The van der Waals surface area contributed by atoms with E-state index in [1.165, 1.54) is 6.07 Å². The number of para-hydroxylation sites is 1. The molecule has 7 heteroatoms. The third-order valence-electron chi connectivity index (χ3n) is 4.94. The normalized spacial score (nSPS) is 21.8. The van der Waals surface area contributed by atoms with Gasteiger partial charge in [-0.1, -0.05) is 24.3 Å². The van der Waals surface area contributed by atoms with Crippen LogP contribution in [0, 0.1) is 0 Å². The van der Waals surface area contributed by atoms with Crippen molar-refractivity contribution in [3.8, 4) is 11.5 Å². The van der Waals surface area contributed by atoms with Gasteiger partial charge in [-0.3, -0.25) is 0 Å². The van der Waals surface area contributed by atoms with E-state index >= 15 is 0 Å². The Morgan fingerprint density at radius 1 is 1.12 bits per heavy atom. The third kappa shape index (κ3) is 2.55. The van der Waals surface area contributed by atoms with Crippen molar-refractivity contribution in [3.63, 3.8) is 0 Å². The molecular formula is C19H17NO5S. The van der Waals surface area contributed by atoms with Gasteiger partial charge < -0.3 is 18.7 Å². The first-order valence-corrected chi connectivity index (χ1v) is 9.95. The maximum Gasteiger partial charge on any atom is 0.373 e. The number of benzene rings is 2. The Bertz CT molecular complexity index is 1060. The number of rotatable bonds is 3. The Morgan fingerprint density at radius 3 is 2.88 bits per heavy atom. The van der Waals surface area contributed by atoms with E-state index in [0.29, 0.717) is 22.6 Å². The lowest BCUT2D eigenvalue weighted by atomic mass is 9.90. The lowest BCUT2D eigenvalue weighted by molar-refractivity contribution is 0.176. The van der Waals surface area contributed by atoms with Crippen molar-refractivity contribution in [3.05, 3.63) is 54.1 Å². The molecule has 0 spiro atoms.